The highest BCUT2D eigenvalue weighted by Gasteiger charge is 2.25. The number of carbonyl (C=O) groups excluding carboxylic acids is 1. The van der Waals surface area contributed by atoms with E-state index in [4.69, 9.17) is 4.42 Å². The van der Waals surface area contributed by atoms with Gasteiger partial charge in [0.05, 0.1) is 18.5 Å². The predicted octanol–water partition coefficient (Wildman–Crippen LogP) is 1.69. The van der Waals surface area contributed by atoms with Crippen LogP contribution in [-0.4, -0.2) is 46.9 Å². The lowest BCUT2D eigenvalue weighted by Crippen LogP contribution is -2.42. The van der Waals surface area contributed by atoms with E-state index < -0.39 is 0 Å². The second kappa shape index (κ2) is 8.01. The van der Waals surface area contributed by atoms with Crippen molar-refractivity contribution >= 4 is 6.03 Å². The van der Waals surface area contributed by atoms with E-state index >= 15 is 0 Å². The molecule has 1 fully saturated rings. The van der Waals surface area contributed by atoms with Gasteiger partial charge in [-0.15, -0.1) is 0 Å². The number of rotatable bonds is 7. The van der Waals surface area contributed by atoms with Crippen molar-refractivity contribution < 1.29 is 9.21 Å². The molecule has 2 aromatic rings. The van der Waals surface area contributed by atoms with Gasteiger partial charge in [0.25, 0.3) is 0 Å². The van der Waals surface area contributed by atoms with Crippen LogP contribution in [-0.2, 0) is 13.5 Å². The highest BCUT2D eigenvalue weighted by Crippen LogP contribution is 2.24. The fraction of sp³-hybridized carbons (Fsp3) is 0.529. The molecular weight excluding hydrogens is 306 g/mol. The van der Waals surface area contributed by atoms with Crippen molar-refractivity contribution in [1.82, 2.24) is 25.3 Å². The molecular formula is C17H25N5O2. The third-order valence-electron chi connectivity index (χ3n) is 4.37. The third kappa shape index (κ3) is 4.38. The molecule has 24 heavy (non-hydrogen) atoms. The van der Waals surface area contributed by atoms with Gasteiger partial charge in [-0.1, -0.05) is 0 Å². The topological polar surface area (TPSA) is 75.3 Å². The summed E-state index contributed by atoms with van der Waals surface area (Å²) in [4.78, 5) is 14.4. The molecule has 7 heteroatoms. The van der Waals surface area contributed by atoms with E-state index in [1.165, 1.54) is 12.8 Å². The van der Waals surface area contributed by atoms with E-state index in [2.05, 4.69) is 20.6 Å². The lowest BCUT2D eigenvalue weighted by atomic mass is 10.2. The number of hydrogen-bond donors (Lipinski definition) is 2. The second-order valence-electron chi connectivity index (χ2n) is 6.18. The first-order valence-electron chi connectivity index (χ1n) is 8.49. The zero-order valence-corrected chi connectivity index (χ0v) is 14.1. The number of nitrogens with one attached hydrogen (secondary N) is 2. The van der Waals surface area contributed by atoms with Gasteiger partial charge >= 0.3 is 6.03 Å². The minimum atomic E-state index is -0.144. The van der Waals surface area contributed by atoms with Gasteiger partial charge in [0, 0.05) is 26.3 Å². The van der Waals surface area contributed by atoms with Crippen molar-refractivity contribution in [3.05, 3.63) is 42.1 Å². The molecule has 1 aliphatic heterocycles. The number of furan rings is 1. The largest absolute Gasteiger partial charge is 0.468 e. The third-order valence-corrected chi connectivity index (χ3v) is 4.37. The number of likely N-dealkylation sites (tertiary alicyclic amines) is 1. The van der Waals surface area contributed by atoms with E-state index in [9.17, 15) is 4.79 Å². The van der Waals surface area contributed by atoms with Crippen LogP contribution < -0.4 is 10.6 Å². The first-order chi connectivity index (χ1) is 11.7. The number of urea groups is 1. The second-order valence-corrected chi connectivity index (χ2v) is 6.18. The van der Waals surface area contributed by atoms with Gasteiger partial charge in [0.15, 0.2) is 0 Å². The Hall–Kier alpha value is -2.28. The summed E-state index contributed by atoms with van der Waals surface area (Å²) < 4.78 is 7.32. The Morgan fingerprint density at radius 2 is 2.21 bits per heavy atom. The summed E-state index contributed by atoms with van der Waals surface area (Å²) >= 11 is 0. The van der Waals surface area contributed by atoms with Crippen molar-refractivity contribution in [1.29, 1.82) is 0 Å². The molecule has 0 spiro atoms. The molecule has 0 aromatic carbocycles. The van der Waals surface area contributed by atoms with Gasteiger partial charge < -0.3 is 15.1 Å². The molecule has 3 rings (SSSR count). The number of nitrogens with zero attached hydrogens (tertiary/aromatic N) is 3. The molecule has 3 heterocycles. The molecule has 0 aliphatic carbocycles. The molecule has 1 unspecified atom stereocenters. The van der Waals surface area contributed by atoms with Crippen LogP contribution in [0.25, 0.3) is 0 Å². The molecule has 7 nitrogen and oxygen atoms in total. The summed E-state index contributed by atoms with van der Waals surface area (Å²) in [7, 11) is 1.89. The highest BCUT2D eigenvalue weighted by atomic mass is 16.3. The Morgan fingerprint density at radius 1 is 1.38 bits per heavy atom. The molecule has 0 radical (unpaired) electrons. The Labute approximate surface area is 142 Å². The summed E-state index contributed by atoms with van der Waals surface area (Å²) in [6.45, 7) is 3.24. The lowest BCUT2D eigenvalue weighted by Gasteiger charge is -2.26. The maximum Gasteiger partial charge on any atom is 0.314 e. The maximum absolute atomic E-state index is 12.0. The molecule has 2 amide bonds. The predicted molar refractivity (Wildman–Crippen MR) is 90.6 cm³/mol. The number of aromatic nitrogens is 2. The van der Waals surface area contributed by atoms with E-state index in [0.717, 1.165) is 30.8 Å². The van der Waals surface area contributed by atoms with Gasteiger partial charge in [-0.25, -0.2) is 4.79 Å². The number of hydrogen-bond acceptors (Lipinski definition) is 4. The van der Waals surface area contributed by atoms with Gasteiger partial charge in [0.1, 0.15) is 5.76 Å². The molecule has 130 valence electrons. The number of aryl methyl sites for hydroxylation is 1. The zero-order chi connectivity index (χ0) is 16.8. The van der Waals surface area contributed by atoms with Gasteiger partial charge in [-0.3, -0.25) is 9.58 Å². The standard InChI is InChI=1S/C17H25N5O2/c1-21-13-14(11-20-21)6-7-18-17(23)19-12-15(16-5-4-10-24-16)22-8-2-3-9-22/h4-5,10-11,13,15H,2-3,6-9,12H2,1H3,(H2,18,19,23). The van der Waals surface area contributed by atoms with Crippen molar-refractivity contribution in [3.63, 3.8) is 0 Å². The summed E-state index contributed by atoms with van der Waals surface area (Å²) in [5.41, 5.74) is 1.11. The minimum absolute atomic E-state index is 0.103. The molecule has 1 atom stereocenters. The smallest absolute Gasteiger partial charge is 0.314 e. The Balaban J connectivity index is 1.44. The van der Waals surface area contributed by atoms with Crippen LogP contribution in [0.1, 0.15) is 30.2 Å². The Morgan fingerprint density at radius 3 is 2.88 bits per heavy atom. The summed E-state index contributed by atoms with van der Waals surface area (Å²) in [5, 5.41) is 9.98. The summed E-state index contributed by atoms with van der Waals surface area (Å²) in [6.07, 6.45) is 8.64. The molecule has 0 saturated carbocycles. The van der Waals surface area contributed by atoms with E-state index in [0.29, 0.717) is 13.1 Å². The molecule has 2 aromatic heterocycles. The van der Waals surface area contributed by atoms with E-state index in [1.54, 1.807) is 10.9 Å². The fourth-order valence-corrected chi connectivity index (χ4v) is 3.12. The van der Waals surface area contributed by atoms with Crippen LogP contribution in [0.4, 0.5) is 4.79 Å². The zero-order valence-electron chi connectivity index (χ0n) is 14.1. The van der Waals surface area contributed by atoms with E-state index in [-0.39, 0.29) is 12.1 Å². The van der Waals surface area contributed by atoms with Crippen LogP contribution in [0.5, 0.6) is 0 Å². The van der Waals surface area contributed by atoms with Crippen LogP contribution in [0.2, 0.25) is 0 Å². The van der Waals surface area contributed by atoms with Crippen molar-refractivity contribution in [2.75, 3.05) is 26.2 Å². The first-order valence-corrected chi connectivity index (χ1v) is 8.49. The maximum atomic E-state index is 12.0. The number of carbonyl (C=O) groups is 1. The van der Waals surface area contributed by atoms with Crippen LogP contribution in [0, 0.1) is 0 Å². The molecule has 1 aliphatic rings. The average molecular weight is 331 g/mol. The van der Waals surface area contributed by atoms with Crippen LogP contribution in [0.3, 0.4) is 0 Å². The van der Waals surface area contributed by atoms with Crippen molar-refractivity contribution in [2.24, 2.45) is 7.05 Å². The Kier molecular flexibility index (Phi) is 5.53. The molecule has 1 saturated heterocycles. The monoisotopic (exact) mass is 331 g/mol. The lowest BCUT2D eigenvalue weighted by molar-refractivity contribution is 0.203. The van der Waals surface area contributed by atoms with E-state index in [1.807, 2.05) is 31.6 Å². The number of amides is 2. The van der Waals surface area contributed by atoms with Crippen molar-refractivity contribution in [2.45, 2.75) is 25.3 Å². The van der Waals surface area contributed by atoms with Gasteiger partial charge in [-0.2, -0.15) is 5.10 Å². The SMILES string of the molecule is Cn1cc(CCNC(=O)NCC(c2ccco2)N2CCCC2)cn1. The quantitative estimate of drug-likeness (QED) is 0.810. The molecule has 0 bridgehead atoms. The molecule has 2 N–H and O–H groups in total. The fourth-order valence-electron chi connectivity index (χ4n) is 3.12. The normalized spacial score (nSPS) is 16.2. The van der Waals surface area contributed by atoms with Gasteiger partial charge in [-0.05, 0) is 50.0 Å². The summed E-state index contributed by atoms with van der Waals surface area (Å²) in [5.74, 6) is 0.910. The highest BCUT2D eigenvalue weighted by molar-refractivity contribution is 5.73. The Bertz CT molecular complexity index is 631. The first kappa shape index (κ1) is 16.6. The summed E-state index contributed by atoms with van der Waals surface area (Å²) in [6, 6.07) is 3.83. The van der Waals surface area contributed by atoms with Crippen LogP contribution in [0.15, 0.2) is 35.2 Å². The minimum Gasteiger partial charge on any atom is -0.468 e. The average Bonchev–Trinajstić information content (AvgIpc) is 3.30. The van der Waals surface area contributed by atoms with Crippen molar-refractivity contribution in [3.8, 4) is 0 Å². The van der Waals surface area contributed by atoms with Crippen LogP contribution >= 0.6 is 0 Å². The van der Waals surface area contributed by atoms with Gasteiger partial charge in [0.2, 0.25) is 0 Å².